The highest BCUT2D eigenvalue weighted by Crippen LogP contribution is 2.37. The van der Waals surface area contributed by atoms with Crippen LogP contribution in [0.5, 0.6) is 0 Å². The first kappa shape index (κ1) is 23.7. The Labute approximate surface area is 198 Å². The number of rotatable bonds is 8. The van der Waals surface area contributed by atoms with Crippen molar-refractivity contribution in [2.75, 3.05) is 7.05 Å². The molecule has 4 atom stereocenters. The average Bonchev–Trinajstić information content (AvgIpc) is 2.84. The summed E-state index contributed by atoms with van der Waals surface area (Å²) in [6.45, 7) is 1.88. The van der Waals surface area contributed by atoms with Crippen molar-refractivity contribution in [1.29, 1.82) is 5.26 Å². The Hall–Kier alpha value is -2.91. The SMILES string of the molecule is C[C@@H]([C@H](O)c1ccccc1)N(C)/C(C#N)=C\[C@H](c1ccccc1)[C@@H](O)c1ccccc1Br. The third-order valence-corrected chi connectivity index (χ3v) is 6.51. The van der Waals surface area contributed by atoms with Gasteiger partial charge in [0.1, 0.15) is 11.8 Å². The summed E-state index contributed by atoms with van der Waals surface area (Å²) in [5.74, 6) is -0.451. The van der Waals surface area contributed by atoms with Crippen molar-refractivity contribution in [2.24, 2.45) is 0 Å². The molecule has 3 rings (SSSR count). The van der Waals surface area contributed by atoms with Crippen molar-refractivity contribution < 1.29 is 10.2 Å². The Morgan fingerprint density at radius 2 is 1.41 bits per heavy atom. The predicted octanol–water partition coefficient (Wildman–Crippen LogP) is 5.73. The number of aliphatic hydroxyl groups excluding tert-OH is 2. The minimum absolute atomic E-state index is 0.347. The van der Waals surface area contributed by atoms with Gasteiger partial charge in [-0.05, 0) is 35.8 Å². The number of nitriles is 1. The summed E-state index contributed by atoms with van der Waals surface area (Å²) in [6, 6.07) is 28.5. The van der Waals surface area contributed by atoms with Gasteiger partial charge in [0.25, 0.3) is 0 Å². The van der Waals surface area contributed by atoms with E-state index in [1.807, 2.05) is 91.9 Å². The lowest BCUT2D eigenvalue weighted by Crippen LogP contribution is -2.34. The minimum Gasteiger partial charge on any atom is -0.387 e. The maximum atomic E-state index is 11.3. The molecule has 0 fully saturated rings. The summed E-state index contributed by atoms with van der Waals surface area (Å²) in [6.07, 6.45) is 0.161. The van der Waals surface area contributed by atoms with Crippen LogP contribution in [0, 0.1) is 11.3 Å². The normalized spacial score (nSPS) is 15.3. The van der Waals surface area contributed by atoms with Gasteiger partial charge in [-0.1, -0.05) is 94.8 Å². The first-order valence-corrected chi connectivity index (χ1v) is 11.3. The fourth-order valence-corrected chi connectivity index (χ4v) is 4.24. The molecule has 0 radical (unpaired) electrons. The number of allylic oxidation sites excluding steroid dienone is 1. The van der Waals surface area contributed by atoms with Crippen LogP contribution < -0.4 is 0 Å². The van der Waals surface area contributed by atoms with Crippen LogP contribution in [0.3, 0.4) is 0 Å². The van der Waals surface area contributed by atoms with Crippen LogP contribution in [0.4, 0.5) is 0 Å². The van der Waals surface area contributed by atoms with Crippen molar-refractivity contribution in [3.05, 3.63) is 118 Å². The molecule has 164 valence electrons. The molecule has 0 amide bonds. The Morgan fingerprint density at radius 1 is 0.875 bits per heavy atom. The zero-order valence-corrected chi connectivity index (χ0v) is 19.7. The molecule has 0 unspecified atom stereocenters. The predicted molar refractivity (Wildman–Crippen MR) is 131 cm³/mol. The molecule has 2 N–H and O–H groups in total. The van der Waals surface area contributed by atoms with Crippen LogP contribution in [-0.4, -0.2) is 28.2 Å². The standard InChI is InChI=1S/C27H27BrN2O2/c1-19(26(31)21-13-7-4-8-14-21)30(2)22(18-29)17-24(20-11-5-3-6-12-20)27(32)23-15-9-10-16-25(23)28/h3-17,19,24,26-27,31-32H,1-2H3/b22-17-/t19-,24+,26-,27-/m0/s1. The zero-order valence-electron chi connectivity index (χ0n) is 18.1. The summed E-state index contributed by atoms with van der Waals surface area (Å²) in [5, 5.41) is 32.1. The summed E-state index contributed by atoms with van der Waals surface area (Å²) in [5.41, 5.74) is 2.81. The highest BCUT2D eigenvalue weighted by molar-refractivity contribution is 9.10. The lowest BCUT2D eigenvalue weighted by molar-refractivity contribution is 0.0905. The number of nitrogens with zero attached hydrogens (tertiary/aromatic N) is 2. The largest absolute Gasteiger partial charge is 0.387 e. The van der Waals surface area contributed by atoms with Crippen LogP contribution in [0.25, 0.3) is 0 Å². The fourth-order valence-electron chi connectivity index (χ4n) is 3.72. The molecular weight excluding hydrogens is 464 g/mol. The second-order valence-corrected chi connectivity index (χ2v) is 8.63. The van der Waals surface area contributed by atoms with Crippen molar-refractivity contribution in [2.45, 2.75) is 31.1 Å². The Balaban J connectivity index is 1.97. The maximum Gasteiger partial charge on any atom is 0.117 e. The summed E-state index contributed by atoms with van der Waals surface area (Å²) in [7, 11) is 1.79. The smallest absolute Gasteiger partial charge is 0.117 e. The molecule has 0 spiro atoms. The first-order chi connectivity index (χ1) is 15.4. The highest BCUT2D eigenvalue weighted by atomic mass is 79.9. The van der Waals surface area contributed by atoms with Crippen LogP contribution in [-0.2, 0) is 0 Å². The monoisotopic (exact) mass is 490 g/mol. The van der Waals surface area contributed by atoms with Crippen molar-refractivity contribution in [3.63, 3.8) is 0 Å². The number of likely N-dealkylation sites (N-methyl/N-ethyl adjacent to an activating group) is 1. The number of aliphatic hydroxyl groups is 2. The zero-order chi connectivity index (χ0) is 23.1. The van der Waals surface area contributed by atoms with Gasteiger partial charge in [0, 0.05) is 17.4 Å². The highest BCUT2D eigenvalue weighted by Gasteiger charge is 2.27. The summed E-state index contributed by atoms with van der Waals surface area (Å²) >= 11 is 3.53. The van der Waals surface area contributed by atoms with E-state index in [2.05, 4.69) is 22.0 Å². The van der Waals surface area contributed by atoms with E-state index in [9.17, 15) is 15.5 Å². The molecule has 0 aliphatic rings. The second-order valence-electron chi connectivity index (χ2n) is 7.77. The molecule has 0 saturated carbocycles. The number of halogens is 1. The quantitative estimate of drug-likeness (QED) is 0.395. The summed E-state index contributed by atoms with van der Waals surface area (Å²) in [4.78, 5) is 1.76. The molecule has 0 aliphatic carbocycles. The van der Waals surface area contributed by atoms with Crippen LogP contribution >= 0.6 is 15.9 Å². The molecular formula is C27H27BrN2O2. The van der Waals surface area contributed by atoms with Gasteiger partial charge in [0.2, 0.25) is 0 Å². The second kappa shape index (κ2) is 11.1. The van der Waals surface area contributed by atoms with E-state index >= 15 is 0 Å². The number of benzene rings is 3. The molecule has 0 aliphatic heterocycles. The van der Waals surface area contributed by atoms with Gasteiger partial charge in [0.15, 0.2) is 0 Å². The lowest BCUT2D eigenvalue weighted by Gasteiger charge is -2.31. The topological polar surface area (TPSA) is 67.5 Å². The molecule has 3 aromatic rings. The molecule has 0 heterocycles. The van der Waals surface area contributed by atoms with Gasteiger partial charge in [-0.25, -0.2) is 0 Å². The van der Waals surface area contributed by atoms with E-state index in [1.165, 1.54) is 0 Å². The van der Waals surface area contributed by atoms with E-state index in [1.54, 1.807) is 18.0 Å². The van der Waals surface area contributed by atoms with E-state index in [-0.39, 0.29) is 6.04 Å². The molecule has 3 aromatic carbocycles. The van der Waals surface area contributed by atoms with Crippen molar-refractivity contribution >= 4 is 15.9 Å². The Morgan fingerprint density at radius 3 is 1.97 bits per heavy atom. The van der Waals surface area contributed by atoms with Gasteiger partial charge in [-0.15, -0.1) is 0 Å². The fraction of sp³-hybridized carbons (Fsp3) is 0.222. The third kappa shape index (κ3) is 5.46. The van der Waals surface area contributed by atoms with E-state index in [0.29, 0.717) is 5.70 Å². The van der Waals surface area contributed by atoms with E-state index in [0.717, 1.165) is 21.2 Å². The number of hydrogen-bond acceptors (Lipinski definition) is 4. The first-order valence-electron chi connectivity index (χ1n) is 10.5. The lowest BCUT2D eigenvalue weighted by atomic mass is 9.88. The van der Waals surface area contributed by atoms with Crippen LogP contribution in [0.2, 0.25) is 0 Å². The summed E-state index contributed by atoms with van der Waals surface area (Å²) < 4.78 is 0.807. The van der Waals surface area contributed by atoms with Gasteiger partial charge in [-0.2, -0.15) is 5.26 Å². The molecule has 32 heavy (non-hydrogen) atoms. The van der Waals surface area contributed by atoms with Crippen LogP contribution in [0.1, 0.15) is 41.7 Å². The van der Waals surface area contributed by atoms with E-state index in [4.69, 9.17) is 0 Å². The van der Waals surface area contributed by atoms with Gasteiger partial charge in [-0.3, -0.25) is 0 Å². The van der Waals surface area contributed by atoms with Gasteiger partial charge >= 0.3 is 0 Å². The van der Waals surface area contributed by atoms with Crippen LogP contribution in [0.15, 0.2) is 101 Å². The maximum absolute atomic E-state index is 11.3. The Kier molecular flexibility index (Phi) is 8.24. The molecule has 5 heteroatoms. The van der Waals surface area contributed by atoms with Gasteiger partial charge < -0.3 is 15.1 Å². The molecule has 0 saturated heterocycles. The molecule has 0 bridgehead atoms. The minimum atomic E-state index is -0.862. The Bertz CT molecular complexity index is 1080. The van der Waals surface area contributed by atoms with E-state index < -0.39 is 18.1 Å². The third-order valence-electron chi connectivity index (χ3n) is 5.79. The average molecular weight is 491 g/mol. The number of hydrogen-bond donors (Lipinski definition) is 2. The molecule has 4 nitrogen and oxygen atoms in total. The van der Waals surface area contributed by atoms with Crippen molar-refractivity contribution in [3.8, 4) is 6.07 Å². The van der Waals surface area contributed by atoms with Gasteiger partial charge in [0.05, 0.1) is 18.2 Å². The molecule has 0 aromatic heterocycles. The van der Waals surface area contributed by atoms with Crippen molar-refractivity contribution in [1.82, 2.24) is 4.90 Å².